The zero-order valence-corrected chi connectivity index (χ0v) is 13.6. The van der Waals surface area contributed by atoms with Crippen LogP contribution < -0.4 is 4.74 Å². The van der Waals surface area contributed by atoms with Crippen LogP contribution in [0.4, 0.5) is 0 Å². The van der Waals surface area contributed by atoms with E-state index in [1.54, 1.807) is 0 Å². The van der Waals surface area contributed by atoms with Crippen molar-refractivity contribution in [3.8, 4) is 5.75 Å². The second-order valence-corrected chi connectivity index (χ2v) is 7.06. The van der Waals surface area contributed by atoms with E-state index in [2.05, 4.69) is 28.4 Å². The SMILES string of the molecule is CSC1(SC)CCOc2ccc(C(=O)CBr)cc21. The van der Waals surface area contributed by atoms with Gasteiger partial charge in [-0.05, 0) is 30.7 Å². The maximum Gasteiger partial charge on any atom is 0.173 e. The van der Waals surface area contributed by atoms with Gasteiger partial charge in [0.1, 0.15) is 5.75 Å². The lowest BCUT2D eigenvalue weighted by Crippen LogP contribution is -2.26. The number of alkyl halides is 1. The maximum atomic E-state index is 11.8. The molecule has 1 aliphatic heterocycles. The number of ether oxygens (including phenoxy) is 1. The summed E-state index contributed by atoms with van der Waals surface area (Å²) >= 11 is 6.87. The zero-order valence-electron chi connectivity index (χ0n) is 10.4. The van der Waals surface area contributed by atoms with Crippen molar-refractivity contribution in [3.05, 3.63) is 29.3 Å². The number of ketones is 1. The first-order valence-electron chi connectivity index (χ1n) is 5.63. The number of thioether (sulfide) groups is 2. The van der Waals surface area contributed by atoms with Crippen LogP contribution in [0.25, 0.3) is 0 Å². The minimum absolute atomic E-state index is 0.0101. The lowest BCUT2D eigenvalue weighted by atomic mass is 10.0. The Hall–Kier alpha value is -0.130. The number of benzene rings is 1. The third-order valence-corrected chi connectivity index (χ3v) is 6.86. The number of carbonyl (C=O) groups is 1. The maximum absolute atomic E-state index is 11.8. The molecule has 5 heteroatoms. The lowest BCUT2D eigenvalue weighted by molar-refractivity contribution is 0.102. The molecule has 1 heterocycles. The van der Waals surface area contributed by atoms with Crippen LogP contribution in [0.1, 0.15) is 22.3 Å². The van der Waals surface area contributed by atoms with E-state index in [1.807, 2.05) is 41.7 Å². The molecule has 1 aromatic carbocycles. The van der Waals surface area contributed by atoms with Gasteiger partial charge in [-0.2, -0.15) is 0 Å². The van der Waals surface area contributed by atoms with Crippen molar-refractivity contribution in [1.29, 1.82) is 0 Å². The van der Waals surface area contributed by atoms with Gasteiger partial charge >= 0.3 is 0 Å². The number of hydrogen-bond acceptors (Lipinski definition) is 4. The van der Waals surface area contributed by atoms with Crippen molar-refractivity contribution < 1.29 is 9.53 Å². The minimum Gasteiger partial charge on any atom is -0.493 e. The van der Waals surface area contributed by atoms with E-state index in [0.717, 1.165) is 29.9 Å². The molecule has 0 fully saturated rings. The molecular weight excluding hydrogens is 332 g/mol. The van der Waals surface area contributed by atoms with Gasteiger partial charge in [0.15, 0.2) is 5.78 Å². The molecule has 2 rings (SSSR count). The number of fused-ring (bicyclic) bond motifs is 1. The van der Waals surface area contributed by atoms with Crippen molar-refractivity contribution in [1.82, 2.24) is 0 Å². The minimum atomic E-state index is 0.0101. The number of hydrogen-bond donors (Lipinski definition) is 0. The molecule has 0 bridgehead atoms. The number of Topliss-reactive ketones (excluding diaryl/α,β-unsaturated/α-hetero) is 1. The summed E-state index contributed by atoms with van der Waals surface area (Å²) in [5.74, 6) is 1.02. The Labute approximate surface area is 124 Å². The van der Waals surface area contributed by atoms with Crippen LogP contribution in [0.5, 0.6) is 5.75 Å². The van der Waals surface area contributed by atoms with Crippen LogP contribution in [0.15, 0.2) is 18.2 Å². The van der Waals surface area contributed by atoms with Gasteiger partial charge in [-0.1, -0.05) is 15.9 Å². The second-order valence-electron chi connectivity index (χ2n) is 4.03. The number of halogens is 1. The van der Waals surface area contributed by atoms with Crippen LogP contribution in [0.3, 0.4) is 0 Å². The zero-order chi connectivity index (χ0) is 13.2. The Morgan fingerprint density at radius 2 is 2.17 bits per heavy atom. The molecule has 18 heavy (non-hydrogen) atoms. The van der Waals surface area contributed by atoms with Crippen molar-refractivity contribution in [2.45, 2.75) is 10.5 Å². The predicted octanol–water partition coefficient (Wildman–Crippen LogP) is 3.93. The molecule has 1 aliphatic rings. The second kappa shape index (κ2) is 5.88. The summed E-state index contributed by atoms with van der Waals surface area (Å²) in [6.07, 6.45) is 5.20. The molecule has 0 saturated heterocycles. The van der Waals surface area contributed by atoms with Gasteiger partial charge in [0.2, 0.25) is 0 Å². The topological polar surface area (TPSA) is 26.3 Å². The van der Waals surface area contributed by atoms with Gasteiger partial charge < -0.3 is 4.74 Å². The fourth-order valence-electron chi connectivity index (χ4n) is 2.14. The molecule has 0 unspecified atom stereocenters. The number of rotatable bonds is 4. The quantitative estimate of drug-likeness (QED) is 0.468. The van der Waals surface area contributed by atoms with E-state index in [9.17, 15) is 4.79 Å². The Kier molecular flexibility index (Phi) is 4.67. The van der Waals surface area contributed by atoms with Gasteiger partial charge in [-0.25, -0.2) is 0 Å². The lowest BCUT2D eigenvalue weighted by Gasteiger charge is -2.36. The highest BCUT2D eigenvalue weighted by molar-refractivity contribution is 9.09. The van der Waals surface area contributed by atoms with Crippen LogP contribution >= 0.6 is 39.5 Å². The molecule has 2 nitrogen and oxygen atoms in total. The van der Waals surface area contributed by atoms with E-state index >= 15 is 0 Å². The first-order chi connectivity index (χ1) is 8.66. The summed E-state index contributed by atoms with van der Waals surface area (Å²) in [5.41, 5.74) is 1.89. The highest BCUT2D eigenvalue weighted by atomic mass is 79.9. The summed E-state index contributed by atoms with van der Waals surface area (Å²) in [4.78, 5) is 11.8. The van der Waals surface area contributed by atoms with E-state index in [4.69, 9.17) is 4.74 Å². The Balaban J connectivity index is 2.50. The third kappa shape index (κ3) is 2.45. The molecule has 0 N–H and O–H groups in total. The summed E-state index contributed by atoms with van der Waals surface area (Å²) in [5, 5.41) is 0.359. The Bertz CT molecular complexity index is 458. The highest BCUT2D eigenvalue weighted by Crippen LogP contribution is 2.52. The van der Waals surface area contributed by atoms with Crippen molar-refractivity contribution in [2.75, 3.05) is 24.4 Å². The predicted molar refractivity (Wildman–Crippen MR) is 83.4 cm³/mol. The van der Waals surface area contributed by atoms with Gasteiger partial charge in [0, 0.05) is 17.5 Å². The van der Waals surface area contributed by atoms with Crippen LogP contribution in [-0.4, -0.2) is 30.2 Å². The Morgan fingerprint density at radius 3 is 2.78 bits per heavy atom. The number of carbonyl (C=O) groups excluding carboxylic acids is 1. The van der Waals surface area contributed by atoms with Gasteiger partial charge in [-0.3, -0.25) is 4.79 Å². The molecule has 0 amide bonds. The fraction of sp³-hybridized carbons (Fsp3) is 0.462. The van der Waals surface area contributed by atoms with Gasteiger partial charge in [-0.15, -0.1) is 23.5 Å². The molecule has 1 aromatic rings. The van der Waals surface area contributed by atoms with Gasteiger partial charge in [0.25, 0.3) is 0 Å². The monoisotopic (exact) mass is 346 g/mol. The van der Waals surface area contributed by atoms with Crippen molar-refractivity contribution in [3.63, 3.8) is 0 Å². The summed E-state index contributed by atoms with van der Waals surface area (Å²) in [6, 6.07) is 5.76. The van der Waals surface area contributed by atoms with Crippen molar-refractivity contribution >= 4 is 45.2 Å². The Morgan fingerprint density at radius 1 is 1.44 bits per heavy atom. The summed E-state index contributed by atoms with van der Waals surface area (Å²) in [6.45, 7) is 0.737. The largest absolute Gasteiger partial charge is 0.493 e. The van der Waals surface area contributed by atoms with Crippen molar-refractivity contribution in [2.24, 2.45) is 0 Å². The molecule has 0 atom stereocenters. The fourth-order valence-corrected chi connectivity index (χ4v) is 4.47. The molecule has 98 valence electrons. The molecular formula is C13H15BrO2S2. The van der Waals surface area contributed by atoms with Gasteiger partial charge in [0.05, 0.1) is 16.0 Å². The summed E-state index contributed by atoms with van der Waals surface area (Å²) < 4.78 is 5.71. The smallest absolute Gasteiger partial charge is 0.173 e. The van der Waals surface area contributed by atoms with Crippen LogP contribution in [0.2, 0.25) is 0 Å². The third-order valence-electron chi connectivity index (χ3n) is 3.18. The van der Waals surface area contributed by atoms with E-state index < -0.39 is 0 Å². The molecule has 0 saturated carbocycles. The normalized spacial score (nSPS) is 16.8. The van der Waals surface area contributed by atoms with Crippen LogP contribution in [-0.2, 0) is 4.08 Å². The van der Waals surface area contributed by atoms with E-state index in [1.165, 1.54) is 0 Å². The summed E-state index contributed by atoms with van der Waals surface area (Å²) in [7, 11) is 0. The molecule has 0 spiro atoms. The van der Waals surface area contributed by atoms with E-state index in [0.29, 0.717) is 5.33 Å². The standard InChI is InChI=1S/C13H15BrO2S2/c1-17-13(18-2)5-6-16-12-4-3-9(7-10(12)13)11(15)8-14/h3-4,7H,5-6,8H2,1-2H3. The van der Waals surface area contributed by atoms with E-state index in [-0.39, 0.29) is 9.86 Å². The highest BCUT2D eigenvalue weighted by Gasteiger charge is 2.36. The first kappa shape index (κ1) is 14.3. The molecule has 0 aliphatic carbocycles. The average molecular weight is 347 g/mol. The molecule has 0 radical (unpaired) electrons. The van der Waals surface area contributed by atoms with Crippen LogP contribution in [0, 0.1) is 0 Å². The molecule has 0 aromatic heterocycles. The average Bonchev–Trinajstić information content (AvgIpc) is 2.45. The first-order valence-corrected chi connectivity index (χ1v) is 9.21.